The number of imidazole rings is 1. The van der Waals surface area contributed by atoms with Gasteiger partial charge in [-0.2, -0.15) is 0 Å². The van der Waals surface area contributed by atoms with Crippen LogP contribution in [0.15, 0.2) is 30.5 Å². The summed E-state index contributed by atoms with van der Waals surface area (Å²) < 4.78 is 16.1. The van der Waals surface area contributed by atoms with E-state index in [9.17, 15) is 9.59 Å². The van der Waals surface area contributed by atoms with Gasteiger partial charge in [-0.1, -0.05) is 0 Å². The summed E-state index contributed by atoms with van der Waals surface area (Å²) in [5.41, 5.74) is 2.81. The molecule has 10 heteroatoms. The number of rotatable bonds is 8. The van der Waals surface area contributed by atoms with E-state index in [1.807, 2.05) is 37.8 Å². The molecular weight excluding hydrogens is 532 g/mol. The summed E-state index contributed by atoms with van der Waals surface area (Å²) in [4.78, 5) is 33.7. The van der Waals surface area contributed by atoms with Crippen LogP contribution in [-0.4, -0.2) is 75.4 Å². The number of aromatic nitrogens is 3. The third kappa shape index (κ3) is 5.03. The zero-order valence-corrected chi connectivity index (χ0v) is 25.1. The van der Waals surface area contributed by atoms with Crippen molar-refractivity contribution in [3.63, 3.8) is 0 Å². The second-order valence-corrected chi connectivity index (χ2v) is 13.6. The Balaban J connectivity index is 1.21. The summed E-state index contributed by atoms with van der Waals surface area (Å²) in [6.45, 7) is 10.0. The predicted octanol–water partition coefficient (Wildman–Crippen LogP) is 4.27. The summed E-state index contributed by atoms with van der Waals surface area (Å²) in [6.07, 6.45) is 6.15. The number of hydrogen-bond acceptors (Lipinski definition) is 6. The lowest BCUT2D eigenvalue weighted by Crippen LogP contribution is -2.46. The number of piperidine rings is 1. The molecule has 7 rings (SSSR count). The van der Waals surface area contributed by atoms with Gasteiger partial charge in [-0.3, -0.25) is 4.79 Å². The molecule has 42 heavy (non-hydrogen) atoms. The fourth-order valence-electron chi connectivity index (χ4n) is 7.03. The lowest BCUT2D eigenvalue weighted by atomic mass is 10.0. The predicted molar refractivity (Wildman–Crippen MR) is 160 cm³/mol. The van der Waals surface area contributed by atoms with Crippen molar-refractivity contribution in [2.45, 2.75) is 77.2 Å². The summed E-state index contributed by atoms with van der Waals surface area (Å²) in [6, 6.07) is 7.89. The molecule has 2 bridgehead atoms. The largest absolute Gasteiger partial charge is 0.494 e. The maximum atomic E-state index is 14.0. The van der Waals surface area contributed by atoms with Gasteiger partial charge in [0.15, 0.2) is 5.82 Å². The Labute approximate surface area is 246 Å². The highest BCUT2D eigenvalue weighted by molar-refractivity contribution is 6.00. The van der Waals surface area contributed by atoms with Crippen molar-refractivity contribution < 1.29 is 19.1 Å². The number of nitrogens with one attached hydrogen (secondary N) is 2. The number of benzene rings is 1. The summed E-state index contributed by atoms with van der Waals surface area (Å²) >= 11 is 0. The topological polar surface area (TPSA) is 103 Å². The fourth-order valence-corrected chi connectivity index (χ4v) is 7.03. The van der Waals surface area contributed by atoms with Crippen LogP contribution in [0.5, 0.6) is 5.75 Å². The van der Waals surface area contributed by atoms with Gasteiger partial charge in [-0.25, -0.2) is 9.78 Å². The molecule has 4 aliphatic rings. The molecule has 4 fully saturated rings. The molecule has 2 aliphatic heterocycles. The number of ether oxygens (including phenoxy) is 2. The Morgan fingerprint density at radius 2 is 1.90 bits per heavy atom. The zero-order valence-electron chi connectivity index (χ0n) is 25.1. The first-order valence-corrected chi connectivity index (χ1v) is 15.4. The van der Waals surface area contributed by atoms with E-state index in [1.165, 1.54) is 12.8 Å². The zero-order chi connectivity index (χ0) is 29.2. The van der Waals surface area contributed by atoms with Crippen LogP contribution in [0.25, 0.3) is 22.6 Å². The van der Waals surface area contributed by atoms with Crippen molar-refractivity contribution in [1.29, 1.82) is 0 Å². The van der Waals surface area contributed by atoms with E-state index in [0.717, 1.165) is 67.5 Å². The van der Waals surface area contributed by atoms with Crippen molar-refractivity contribution >= 4 is 23.0 Å². The van der Waals surface area contributed by atoms with Crippen LogP contribution in [0.1, 0.15) is 56.8 Å². The van der Waals surface area contributed by atoms with E-state index in [0.29, 0.717) is 23.8 Å². The Morgan fingerprint density at radius 3 is 2.60 bits per heavy atom. The van der Waals surface area contributed by atoms with Gasteiger partial charge in [0.05, 0.1) is 30.4 Å². The lowest BCUT2D eigenvalue weighted by Gasteiger charge is -2.29. The van der Waals surface area contributed by atoms with Crippen LogP contribution in [-0.2, 0) is 17.8 Å². The number of fused-ring (bicyclic) bond motifs is 3. The number of methoxy groups -OCH3 is 1. The Hall–Kier alpha value is -3.53. The van der Waals surface area contributed by atoms with Crippen LogP contribution in [0.2, 0.25) is 0 Å². The molecule has 0 spiro atoms. The second kappa shape index (κ2) is 10.3. The monoisotopic (exact) mass is 574 g/mol. The minimum atomic E-state index is -0.569. The first-order valence-electron chi connectivity index (χ1n) is 15.4. The van der Waals surface area contributed by atoms with E-state index in [1.54, 1.807) is 7.11 Å². The molecule has 4 heterocycles. The van der Waals surface area contributed by atoms with E-state index in [4.69, 9.17) is 14.5 Å². The van der Waals surface area contributed by atoms with Gasteiger partial charge in [-0.15, -0.1) is 0 Å². The van der Waals surface area contributed by atoms with Gasteiger partial charge in [-0.05, 0) is 82.6 Å². The van der Waals surface area contributed by atoms with Gasteiger partial charge in [0.2, 0.25) is 0 Å². The molecule has 2 aromatic heterocycles. The molecule has 2 aliphatic carbocycles. The molecule has 0 unspecified atom stereocenters. The average Bonchev–Trinajstić information content (AvgIpc) is 3.20. The van der Waals surface area contributed by atoms with Crippen LogP contribution in [0.3, 0.4) is 0 Å². The molecule has 2 N–H and O–H groups in total. The molecule has 2 saturated carbocycles. The average molecular weight is 575 g/mol. The van der Waals surface area contributed by atoms with Gasteiger partial charge in [0, 0.05) is 50.4 Å². The van der Waals surface area contributed by atoms with Crippen LogP contribution in [0, 0.1) is 17.8 Å². The maximum Gasteiger partial charge on any atom is 0.407 e. The number of carbonyl (C=O) groups excluding carboxylic acids is 2. The normalized spacial score (nSPS) is 23.8. The molecular formula is C32H42N6O4. The van der Waals surface area contributed by atoms with Crippen molar-refractivity contribution in [3.8, 4) is 17.3 Å². The molecule has 224 valence electrons. The molecule has 2 saturated heterocycles. The third-order valence-electron chi connectivity index (χ3n) is 9.32. The Kier molecular flexibility index (Phi) is 6.72. The first-order chi connectivity index (χ1) is 20.2. The number of amides is 2. The van der Waals surface area contributed by atoms with Gasteiger partial charge in [0.25, 0.3) is 5.91 Å². The number of likely N-dealkylation sites (tertiary alicyclic amines) is 1. The number of alkyl carbamates (subject to hydrolysis) is 1. The van der Waals surface area contributed by atoms with Gasteiger partial charge >= 0.3 is 6.09 Å². The van der Waals surface area contributed by atoms with E-state index in [-0.39, 0.29) is 23.9 Å². The molecule has 10 nitrogen and oxygen atoms in total. The molecule has 1 aromatic carbocycles. The van der Waals surface area contributed by atoms with Crippen molar-refractivity contribution in [1.82, 2.24) is 29.7 Å². The molecule has 2 amide bonds. The first kappa shape index (κ1) is 27.3. The second-order valence-electron chi connectivity index (χ2n) is 13.6. The molecule has 3 atom stereocenters. The third-order valence-corrected chi connectivity index (χ3v) is 9.32. The van der Waals surface area contributed by atoms with Crippen LogP contribution >= 0.6 is 0 Å². The summed E-state index contributed by atoms with van der Waals surface area (Å²) in [5, 5.41) is 6.45. The van der Waals surface area contributed by atoms with Crippen molar-refractivity contribution in [2.24, 2.45) is 17.8 Å². The SMILES string of the molecule is COc1cc(C(=O)N2C[C@H]3CC[C@@H]2[C@@H]3NC(=O)OC(C)(C)C)cc2nc(-c3cccn3CC3CC3)n(CC3CNC3)c12. The fraction of sp³-hybridized carbons (Fsp3) is 0.594. The quantitative estimate of drug-likeness (QED) is 0.417. The minimum Gasteiger partial charge on any atom is -0.494 e. The minimum absolute atomic E-state index is 0.0465. The van der Waals surface area contributed by atoms with Crippen molar-refractivity contribution in [2.75, 3.05) is 26.7 Å². The highest BCUT2D eigenvalue weighted by atomic mass is 16.6. The van der Waals surface area contributed by atoms with Crippen LogP contribution in [0.4, 0.5) is 4.79 Å². The Bertz CT molecular complexity index is 1510. The number of carbonyl (C=O) groups is 2. The highest BCUT2D eigenvalue weighted by Crippen LogP contribution is 2.40. The number of nitrogens with zero attached hydrogens (tertiary/aromatic N) is 4. The van der Waals surface area contributed by atoms with Gasteiger partial charge in [0.1, 0.15) is 16.9 Å². The van der Waals surface area contributed by atoms with E-state index < -0.39 is 11.7 Å². The summed E-state index contributed by atoms with van der Waals surface area (Å²) in [7, 11) is 1.67. The number of hydrogen-bond donors (Lipinski definition) is 2. The van der Waals surface area contributed by atoms with Gasteiger partial charge < -0.3 is 34.1 Å². The van der Waals surface area contributed by atoms with Crippen molar-refractivity contribution in [3.05, 3.63) is 36.0 Å². The maximum absolute atomic E-state index is 14.0. The highest BCUT2D eigenvalue weighted by Gasteiger charge is 2.50. The van der Waals surface area contributed by atoms with E-state index in [2.05, 4.69) is 38.1 Å². The van der Waals surface area contributed by atoms with E-state index >= 15 is 0 Å². The standard InChI is InChI=1S/C32H42N6O4/c1-32(2,3)42-31(40)35-27-21-9-10-24(27)37(18-21)30(39)22-12-23-28(26(13-22)41-4)38(17-20-14-33-15-20)29(34-23)25-6-5-11-36(25)16-19-7-8-19/h5-6,11-13,19-21,24,27,33H,7-10,14-18H2,1-4H3,(H,35,40)/t21-,24-,27-/m1/s1. The molecule has 0 radical (unpaired) electrons. The Morgan fingerprint density at radius 1 is 1.10 bits per heavy atom. The smallest absolute Gasteiger partial charge is 0.407 e. The molecule has 3 aromatic rings. The lowest BCUT2D eigenvalue weighted by molar-refractivity contribution is 0.0485. The summed E-state index contributed by atoms with van der Waals surface area (Å²) in [5.74, 6) is 3.02. The van der Waals surface area contributed by atoms with Crippen LogP contribution < -0.4 is 15.4 Å².